The number of hydrogen-bond acceptors (Lipinski definition) is 4. The maximum absolute atomic E-state index is 12.7. The maximum atomic E-state index is 12.7. The van der Waals surface area contributed by atoms with Gasteiger partial charge in [0.05, 0.1) is 0 Å². The van der Waals surface area contributed by atoms with Crippen molar-refractivity contribution in [2.45, 2.75) is 31.1 Å². The standard InChI is InChI=1S/C13H20BrN3O2S/c1-3-15-13-12(7-11(14)8-16-13)20(18,19)17(2)9-10-5-4-6-10/h7-8,10H,3-6,9H2,1-2H3,(H,15,16). The Balaban J connectivity index is 2.29. The van der Waals surface area contributed by atoms with Gasteiger partial charge in [0.2, 0.25) is 10.0 Å². The van der Waals surface area contributed by atoms with Crippen molar-refractivity contribution >= 4 is 31.8 Å². The normalized spacial score (nSPS) is 16.2. The second-order valence-electron chi connectivity index (χ2n) is 5.11. The van der Waals surface area contributed by atoms with Crippen molar-refractivity contribution in [3.63, 3.8) is 0 Å². The minimum Gasteiger partial charge on any atom is -0.369 e. The molecule has 20 heavy (non-hydrogen) atoms. The molecule has 0 aromatic carbocycles. The number of anilines is 1. The number of aromatic nitrogens is 1. The molecule has 1 N–H and O–H groups in total. The first-order valence-electron chi connectivity index (χ1n) is 6.81. The van der Waals surface area contributed by atoms with Crippen LogP contribution in [0, 0.1) is 5.92 Å². The number of nitrogens with zero attached hydrogens (tertiary/aromatic N) is 2. The van der Waals surface area contributed by atoms with Gasteiger partial charge in [0.1, 0.15) is 10.7 Å². The van der Waals surface area contributed by atoms with Gasteiger partial charge in [-0.15, -0.1) is 0 Å². The van der Waals surface area contributed by atoms with Crippen LogP contribution in [0.3, 0.4) is 0 Å². The molecule has 0 spiro atoms. The van der Waals surface area contributed by atoms with Crippen molar-refractivity contribution in [1.29, 1.82) is 0 Å². The first-order chi connectivity index (χ1) is 9.45. The summed E-state index contributed by atoms with van der Waals surface area (Å²) in [5.41, 5.74) is 0. The molecular formula is C13H20BrN3O2S. The Morgan fingerprint density at radius 2 is 2.20 bits per heavy atom. The summed E-state index contributed by atoms with van der Waals surface area (Å²) in [5.74, 6) is 0.911. The van der Waals surface area contributed by atoms with Crippen LogP contribution >= 0.6 is 15.9 Å². The Hall–Kier alpha value is -0.660. The molecule has 0 saturated heterocycles. The second-order valence-corrected chi connectivity index (χ2v) is 8.04. The molecule has 1 heterocycles. The van der Waals surface area contributed by atoms with Crippen molar-refractivity contribution in [2.24, 2.45) is 5.92 Å². The third-order valence-electron chi connectivity index (χ3n) is 3.59. The molecule has 0 radical (unpaired) electrons. The molecule has 0 unspecified atom stereocenters. The predicted molar refractivity (Wildman–Crippen MR) is 83.3 cm³/mol. The van der Waals surface area contributed by atoms with Crippen LogP contribution in [0.15, 0.2) is 21.6 Å². The molecule has 1 fully saturated rings. The van der Waals surface area contributed by atoms with E-state index in [4.69, 9.17) is 0 Å². The molecule has 5 nitrogen and oxygen atoms in total. The molecule has 0 atom stereocenters. The largest absolute Gasteiger partial charge is 0.369 e. The van der Waals surface area contributed by atoms with E-state index in [0.29, 0.717) is 29.3 Å². The lowest BCUT2D eigenvalue weighted by Gasteiger charge is -2.29. The zero-order valence-electron chi connectivity index (χ0n) is 11.8. The lowest BCUT2D eigenvalue weighted by Crippen LogP contribution is -2.34. The molecule has 0 bridgehead atoms. The average molecular weight is 362 g/mol. The van der Waals surface area contributed by atoms with Gasteiger partial charge in [-0.25, -0.2) is 17.7 Å². The summed E-state index contributed by atoms with van der Waals surface area (Å²) in [7, 11) is -1.86. The maximum Gasteiger partial charge on any atom is 0.246 e. The van der Waals surface area contributed by atoms with Gasteiger partial charge < -0.3 is 5.32 Å². The molecule has 1 aliphatic rings. The minimum atomic E-state index is -3.51. The van der Waals surface area contributed by atoms with Crippen LogP contribution in [0.25, 0.3) is 0 Å². The monoisotopic (exact) mass is 361 g/mol. The van der Waals surface area contributed by atoms with Crippen LogP contribution in [0.5, 0.6) is 0 Å². The van der Waals surface area contributed by atoms with Gasteiger partial charge in [-0.05, 0) is 47.7 Å². The van der Waals surface area contributed by atoms with Crippen LogP contribution in [-0.4, -0.2) is 37.8 Å². The van der Waals surface area contributed by atoms with Crippen LogP contribution in [0.4, 0.5) is 5.82 Å². The lowest BCUT2D eigenvalue weighted by atomic mass is 9.86. The fraction of sp³-hybridized carbons (Fsp3) is 0.615. The fourth-order valence-corrected chi connectivity index (χ4v) is 4.09. The van der Waals surface area contributed by atoms with E-state index in [1.165, 1.54) is 10.7 Å². The number of hydrogen-bond donors (Lipinski definition) is 1. The van der Waals surface area contributed by atoms with Gasteiger partial charge in [0, 0.05) is 30.8 Å². The Morgan fingerprint density at radius 1 is 1.50 bits per heavy atom. The fourth-order valence-electron chi connectivity index (χ4n) is 2.22. The molecule has 1 aromatic heterocycles. The van der Waals surface area contributed by atoms with E-state index >= 15 is 0 Å². The number of rotatable bonds is 6. The second kappa shape index (κ2) is 6.41. The summed E-state index contributed by atoms with van der Waals surface area (Å²) in [6.07, 6.45) is 5.05. The van der Waals surface area contributed by atoms with E-state index in [2.05, 4.69) is 26.2 Å². The molecular weight excluding hydrogens is 342 g/mol. The third-order valence-corrected chi connectivity index (χ3v) is 5.86. The number of pyridine rings is 1. The van der Waals surface area contributed by atoms with Crippen molar-refractivity contribution in [3.05, 3.63) is 16.7 Å². The van der Waals surface area contributed by atoms with Crippen LogP contribution in [0.1, 0.15) is 26.2 Å². The first kappa shape index (κ1) is 15.7. The first-order valence-corrected chi connectivity index (χ1v) is 9.04. The van der Waals surface area contributed by atoms with E-state index in [-0.39, 0.29) is 4.90 Å². The van der Waals surface area contributed by atoms with Crippen molar-refractivity contribution < 1.29 is 8.42 Å². The zero-order valence-corrected chi connectivity index (χ0v) is 14.2. The Morgan fingerprint density at radius 3 is 2.75 bits per heavy atom. The molecule has 1 aromatic rings. The highest BCUT2D eigenvalue weighted by molar-refractivity contribution is 9.10. The molecule has 112 valence electrons. The SMILES string of the molecule is CCNc1ncc(Br)cc1S(=O)(=O)N(C)CC1CCC1. The Kier molecular flexibility index (Phi) is 5.04. The molecule has 1 aliphatic carbocycles. The van der Waals surface area contributed by atoms with E-state index < -0.39 is 10.0 Å². The highest BCUT2D eigenvalue weighted by atomic mass is 79.9. The molecule has 0 amide bonds. The van der Waals surface area contributed by atoms with Crippen LogP contribution in [0.2, 0.25) is 0 Å². The van der Waals surface area contributed by atoms with E-state index in [0.717, 1.165) is 12.8 Å². The van der Waals surface area contributed by atoms with E-state index in [1.807, 2.05) is 6.92 Å². The van der Waals surface area contributed by atoms with E-state index in [9.17, 15) is 8.42 Å². The van der Waals surface area contributed by atoms with Crippen molar-refractivity contribution in [2.75, 3.05) is 25.5 Å². The predicted octanol–water partition coefficient (Wildman–Crippen LogP) is 2.70. The summed E-state index contributed by atoms with van der Waals surface area (Å²) >= 11 is 3.29. The van der Waals surface area contributed by atoms with Gasteiger partial charge in [-0.1, -0.05) is 6.42 Å². The summed E-state index contributed by atoms with van der Waals surface area (Å²) in [5, 5.41) is 3.01. The van der Waals surface area contributed by atoms with Crippen LogP contribution in [-0.2, 0) is 10.0 Å². The number of sulfonamides is 1. The topological polar surface area (TPSA) is 62.3 Å². The van der Waals surface area contributed by atoms with Gasteiger partial charge in [-0.3, -0.25) is 0 Å². The Bertz CT molecular complexity index is 573. The summed E-state index contributed by atoms with van der Waals surface area (Å²) in [6, 6.07) is 1.61. The quantitative estimate of drug-likeness (QED) is 0.845. The number of nitrogens with one attached hydrogen (secondary N) is 1. The van der Waals surface area contributed by atoms with Gasteiger partial charge >= 0.3 is 0 Å². The number of halogens is 1. The highest BCUT2D eigenvalue weighted by Crippen LogP contribution is 2.30. The molecule has 7 heteroatoms. The lowest BCUT2D eigenvalue weighted by molar-refractivity contribution is 0.263. The van der Waals surface area contributed by atoms with Crippen molar-refractivity contribution in [3.8, 4) is 0 Å². The van der Waals surface area contributed by atoms with E-state index in [1.54, 1.807) is 19.3 Å². The van der Waals surface area contributed by atoms with Crippen molar-refractivity contribution in [1.82, 2.24) is 9.29 Å². The van der Waals surface area contributed by atoms with Crippen LogP contribution < -0.4 is 5.32 Å². The average Bonchev–Trinajstić information content (AvgIpc) is 2.35. The third kappa shape index (κ3) is 3.32. The minimum absolute atomic E-state index is 0.232. The molecule has 0 aliphatic heterocycles. The molecule has 1 saturated carbocycles. The summed E-state index contributed by atoms with van der Waals surface area (Å²) < 4.78 is 27.5. The van der Waals surface area contributed by atoms with Gasteiger partial charge in [-0.2, -0.15) is 0 Å². The van der Waals surface area contributed by atoms with Gasteiger partial charge in [0.15, 0.2) is 0 Å². The Labute approximate surface area is 129 Å². The summed E-state index contributed by atoms with van der Waals surface area (Å²) in [4.78, 5) is 4.40. The zero-order chi connectivity index (χ0) is 14.8. The highest BCUT2D eigenvalue weighted by Gasteiger charge is 2.29. The summed E-state index contributed by atoms with van der Waals surface area (Å²) in [6.45, 7) is 3.13. The molecule has 2 rings (SSSR count). The smallest absolute Gasteiger partial charge is 0.246 e. The van der Waals surface area contributed by atoms with Gasteiger partial charge in [0.25, 0.3) is 0 Å².